The molecular weight excluding hydrogens is 803 g/mol. The van der Waals surface area contributed by atoms with Crippen molar-refractivity contribution >= 4 is 23.8 Å². The SMILES string of the molecule is Cc1cc(P(c2cc(C(F)(F)F)cc(C(F)(F)F)c2)c2c(-c3c(C(C)C)cc(C)cc3C(C)C)cccc2-c2c(C(C)C)cc(C(C)C)cc2C(C)C)cc(C(F)(F)F)c1. The lowest BCUT2D eigenvalue weighted by atomic mass is 9.80. The van der Waals surface area contributed by atoms with E-state index in [9.17, 15) is 39.5 Å². The number of rotatable bonds is 10. The minimum absolute atomic E-state index is 0.0150. The summed E-state index contributed by atoms with van der Waals surface area (Å²) < 4.78 is 133. The summed E-state index contributed by atoms with van der Waals surface area (Å²) in [5.74, 6) is -0.201. The molecule has 60 heavy (non-hydrogen) atoms. The molecule has 0 aromatic heterocycles. The van der Waals surface area contributed by atoms with Gasteiger partial charge in [-0.3, -0.25) is 0 Å². The van der Waals surface area contributed by atoms with Crippen LogP contribution >= 0.6 is 7.92 Å². The molecule has 0 radical (unpaired) electrons. The Labute approximate surface area is 350 Å². The fraction of sp³-hybridized carbons (Fsp3) is 0.400. The molecule has 0 amide bonds. The van der Waals surface area contributed by atoms with E-state index >= 15 is 0 Å². The Bertz CT molecular complexity index is 2270. The van der Waals surface area contributed by atoms with Crippen LogP contribution in [0.5, 0.6) is 0 Å². The Balaban J connectivity index is 2.20. The summed E-state index contributed by atoms with van der Waals surface area (Å²) >= 11 is 0. The van der Waals surface area contributed by atoms with E-state index in [-0.39, 0.29) is 51.8 Å². The van der Waals surface area contributed by atoms with Crippen molar-refractivity contribution in [3.8, 4) is 22.3 Å². The third-order valence-corrected chi connectivity index (χ3v) is 13.5. The molecule has 322 valence electrons. The smallest absolute Gasteiger partial charge is 0.166 e. The number of hydrogen-bond acceptors (Lipinski definition) is 0. The van der Waals surface area contributed by atoms with Gasteiger partial charge in [-0.05, 0) is 148 Å². The third-order valence-electron chi connectivity index (χ3n) is 11.0. The van der Waals surface area contributed by atoms with E-state index in [1.165, 1.54) is 13.0 Å². The van der Waals surface area contributed by atoms with Gasteiger partial charge in [0.25, 0.3) is 0 Å². The minimum atomic E-state index is -5.20. The van der Waals surface area contributed by atoms with E-state index in [2.05, 4.69) is 26.0 Å². The molecule has 5 aromatic carbocycles. The molecule has 0 heterocycles. The molecule has 0 aliphatic carbocycles. The number of benzene rings is 5. The Hall–Kier alpha value is -4.10. The lowest BCUT2D eigenvalue weighted by Crippen LogP contribution is -2.28. The maximum absolute atomic E-state index is 14.8. The van der Waals surface area contributed by atoms with Crippen molar-refractivity contribution in [1.82, 2.24) is 0 Å². The maximum atomic E-state index is 14.8. The monoisotopic (exact) mass is 856 g/mol. The molecule has 10 heteroatoms. The fourth-order valence-corrected chi connectivity index (χ4v) is 10.9. The molecule has 5 rings (SSSR count). The van der Waals surface area contributed by atoms with Gasteiger partial charge in [0.2, 0.25) is 0 Å². The first-order valence-electron chi connectivity index (χ1n) is 20.4. The van der Waals surface area contributed by atoms with E-state index in [4.69, 9.17) is 0 Å². The van der Waals surface area contributed by atoms with E-state index < -0.39 is 43.1 Å². The fourth-order valence-electron chi connectivity index (χ4n) is 8.05. The van der Waals surface area contributed by atoms with Gasteiger partial charge >= 0.3 is 18.5 Å². The second-order valence-electron chi connectivity index (χ2n) is 17.5. The highest BCUT2D eigenvalue weighted by Gasteiger charge is 2.40. The number of halogens is 9. The summed E-state index contributed by atoms with van der Waals surface area (Å²) in [7, 11) is -2.60. The van der Waals surface area contributed by atoms with Gasteiger partial charge in [0.15, 0.2) is 0 Å². The first kappa shape index (κ1) is 47.0. The van der Waals surface area contributed by atoms with Gasteiger partial charge in [-0.25, -0.2) is 0 Å². The van der Waals surface area contributed by atoms with Crippen molar-refractivity contribution in [2.75, 3.05) is 0 Å². The van der Waals surface area contributed by atoms with Gasteiger partial charge in [0, 0.05) is 5.30 Å². The van der Waals surface area contributed by atoms with E-state index in [0.29, 0.717) is 28.6 Å². The minimum Gasteiger partial charge on any atom is -0.166 e. The summed E-state index contributed by atoms with van der Waals surface area (Å²) in [6.07, 6.45) is -15.3. The van der Waals surface area contributed by atoms with Crippen LogP contribution in [0.25, 0.3) is 22.3 Å². The molecule has 0 aliphatic rings. The molecule has 0 bridgehead atoms. The average Bonchev–Trinajstić information content (AvgIpc) is 3.12. The highest BCUT2D eigenvalue weighted by atomic mass is 31.1. The van der Waals surface area contributed by atoms with Crippen molar-refractivity contribution in [1.29, 1.82) is 0 Å². The number of hydrogen-bond donors (Lipinski definition) is 0. The van der Waals surface area contributed by atoms with E-state index in [1.54, 1.807) is 0 Å². The van der Waals surface area contributed by atoms with Crippen LogP contribution in [0.4, 0.5) is 39.5 Å². The lowest BCUT2D eigenvalue weighted by Gasteiger charge is -2.32. The second-order valence-corrected chi connectivity index (χ2v) is 19.7. The van der Waals surface area contributed by atoms with Crippen molar-refractivity contribution in [2.24, 2.45) is 0 Å². The van der Waals surface area contributed by atoms with Gasteiger partial charge in [0.05, 0.1) is 16.7 Å². The molecule has 0 saturated carbocycles. The zero-order valence-corrected chi connectivity index (χ0v) is 37.1. The molecule has 0 nitrogen and oxygen atoms in total. The predicted molar refractivity (Wildman–Crippen MR) is 231 cm³/mol. The Morgan fingerprint density at radius 3 is 1.08 bits per heavy atom. The first-order chi connectivity index (χ1) is 27.6. The molecule has 5 aromatic rings. The summed E-state index contributed by atoms with van der Waals surface area (Å²) in [5.41, 5.74) is 4.46. The van der Waals surface area contributed by atoms with Crippen LogP contribution in [0.1, 0.15) is 154 Å². The molecular formula is C50H54F9P. The van der Waals surface area contributed by atoms with Crippen LogP contribution in [0, 0.1) is 13.8 Å². The first-order valence-corrected chi connectivity index (χ1v) is 21.7. The summed E-state index contributed by atoms with van der Waals surface area (Å²) in [5, 5.41) is 0.0195. The molecule has 0 fully saturated rings. The van der Waals surface area contributed by atoms with Crippen LogP contribution in [0.3, 0.4) is 0 Å². The highest BCUT2D eigenvalue weighted by molar-refractivity contribution is 7.80. The van der Waals surface area contributed by atoms with E-state index in [1.807, 2.05) is 92.6 Å². The van der Waals surface area contributed by atoms with Gasteiger partial charge < -0.3 is 0 Å². The molecule has 0 aliphatic heterocycles. The van der Waals surface area contributed by atoms with Crippen molar-refractivity contribution in [3.63, 3.8) is 0 Å². The molecule has 1 atom stereocenters. The van der Waals surface area contributed by atoms with Crippen molar-refractivity contribution in [3.05, 3.63) is 134 Å². The predicted octanol–water partition coefficient (Wildman–Crippen LogP) is 16.1. The molecule has 0 saturated heterocycles. The molecule has 0 N–H and O–H groups in total. The zero-order valence-electron chi connectivity index (χ0n) is 36.2. The van der Waals surface area contributed by atoms with Gasteiger partial charge in [-0.15, -0.1) is 0 Å². The largest absolute Gasteiger partial charge is 0.416 e. The van der Waals surface area contributed by atoms with Crippen LogP contribution in [0.2, 0.25) is 0 Å². The van der Waals surface area contributed by atoms with Crippen molar-refractivity contribution in [2.45, 2.75) is 131 Å². The number of alkyl halides is 9. The highest BCUT2D eigenvalue weighted by Crippen LogP contribution is 2.50. The summed E-state index contributed by atoms with van der Waals surface area (Å²) in [4.78, 5) is 0. The summed E-state index contributed by atoms with van der Waals surface area (Å²) in [6.45, 7) is 23.8. The van der Waals surface area contributed by atoms with Crippen LogP contribution in [0.15, 0.2) is 78.9 Å². The second kappa shape index (κ2) is 17.3. The molecule has 1 unspecified atom stereocenters. The molecule has 0 spiro atoms. The van der Waals surface area contributed by atoms with E-state index in [0.717, 1.165) is 56.6 Å². The van der Waals surface area contributed by atoms with Gasteiger partial charge in [-0.2, -0.15) is 39.5 Å². The Morgan fingerprint density at radius 1 is 0.400 bits per heavy atom. The Kier molecular flexibility index (Phi) is 13.6. The standard InChI is InChI=1S/C50H54F9P/c1-26(2)33-20-43(29(7)8)46(44(21-33)30(9)10)40-15-13-14-39(45-41(27(3)4)18-32(12)19-42(45)28(5)6)47(40)60(37-17-31(11)16-34(23-37)48(51,52)53)38-24-35(49(54,55)56)22-36(25-38)50(57,58)59/h13-30H,1-12H3. The topological polar surface area (TPSA) is 0 Å². The van der Waals surface area contributed by atoms with Crippen molar-refractivity contribution < 1.29 is 39.5 Å². The number of aryl methyl sites for hydroxylation is 2. The van der Waals surface area contributed by atoms with Gasteiger partial charge in [-0.1, -0.05) is 123 Å². The normalized spacial score (nSPS) is 13.4. The quantitative estimate of drug-likeness (QED) is 0.0970. The maximum Gasteiger partial charge on any atom is 0.416 e. The van der Waals surface area contributed by atoms with Crippen LogP contribution < -0.4 is 15.9 Å². The summed E-state index contributed by atoms with van der Waals surface area (Å²) in [6, 6.07) is 18.6. The third kappa shape index (κ3) is 9.83. The Morgan fingerprint density at radius 2 is 0.733 bits per heavy atom. The van der Waals surface area contributed by atoms with Crippen LogP contribution in [-0.4, -0.2) is 0 Å². The lowest BCUT2D eigenvalue weighted by molar-refractivity contribution is -0.143. The van der Waals surface area contributed by atoms with Crippen LogP contribution in [-0.2, 0) is 18.5 Å². The zero-order chi connectivity index (χ0) is 45.0. The average molecular weight is 857 g/mol. The van der Waals surface area contributed by atoms with Gasteiger partial charge in [0.1, 0.15) is 0 Å².